The zero-order valence-corrected chi connectivity index (χ0v) is 20.6. The number of carbonyl (C=O) groups is 3. The molecule has 0 bridgehead atoms. The van der Waals surface area contributed by atoms with Crippen molar-refractivity contribution >= 4 is 79.0 Å². The highest BCUT2D eigenvalue weighted by Crippen LogP contribution is 2.38. The van der Waals surface area contributed by atoms with E-state index in [9.17, 15) is 14.4 Å². The summed E-state index contributed by atoms with van der Waals surface area (Å²) in [5.74, 6) is -0.309. The Morgan fingerprint density at radius 2 is 1.91 bits per heavy atom. The molecular formula is C24H19BrClN3O3S. The largest absolute Gasteiger partial charge is 0.341 e. The van der Waals surface area contributed by atoms with Crippen LogP contribution in [-0.2, 0) is 16.1 Å². The molecule has 3 amide bonds. The van der Waals surface area contributed by atoms with Crippen LogP contribution in [0.2, 0.25) is 5.02 Å². The molecule has 0 spiro atoms. The molecule has 2 saturated heterocycles. The van der Waals surface area contributed by atoms with Crippen LogP contribution in [0.25, 0.3) is 17.0 Å². The number of aromatic nitrogens is 1. The molecule has 2 aromatic carbocycles. The number of amides is 3. The Bertz CT molecular complexity index is 1330. The van der Waals surface area contributed by atoms with Crippen LogP contribution in [0.4, 0.5) is 10.5 Å². The van der Waals surface area contributed by atoms with E-state index in [1.54, 1.807) is 30.3 Å². The average molecular weight is 545 g/mol. The van der Waals surface area contributed by atoms with Gasteiger partial charge in [-0.3, -0.25) is 14.4 Å². The van der Waals surface area contributed by atoms with Gasteiger partial charge >= 0.3 is 0 Å². The van der Waals surface area contributed by atoms with E-state index in [0.717, 1.165) is 63.5 Å². The molecule has 2 aliphatic heterocycles. The van der Waals surface area contributed by atoms with Gasteiger partial charge < -0.3 is 9.47 Å². The van der Waals surface area contributed by atoms with E-state index in [1.807, 2.05) is 33.9 Å². The maximum Gasteiger partial charge on any atom is 0.298 e. The highest BCUT2D eigenvalue weighted by atomic mass is 79.9. The number of benzene rings is 2. The Balaban J connectivity index is 1.50. The molecule has 6 nitrogen and oxygen atoms in total. The fraction of sp³-hybridized carbons (Fsp3) is 0.208. The van der Waals surface area contributed by atoms with E-state index in [-0.39, 0.29) is 17.7 Å². The number of halogens is 2. The van der Waals surface area contributed by atoms with Crippen molar-refractivity contribution < 1.29 is 14.4 Å². The maximum atomic E-state index is 13.1. The average Bonchev–Trinajstić information content (AvgIpc) is 3.48. The van der Waals surface area contributed by atoms with Crippen LogP contribution in [0, 0.1) is 0 Å². The van der Waals surface area contributed by atoms with Crippen molar-refractivity contribution in [1.82, 2.24) is 9.47 Å². The molecule has 2 fully saturated rings. The predicted molar refractivity (Wildman–Crippen MR) is 135 cm³/mol. The fourth-order valence-corrected chi connectivity index (χ4v) is 5.58. The summed E-state index contributed by atoms with van der Waals surface area (Å²) in [6, 6.07) is 12.5. The molecular weight excluding hydrogens is 526 g/mol. The number of imide groups is 1. The van der Waals surface area contributed by atoms with Crippen LogP contribution < -0.4 is 4.90 Å². The van der Waals surface area contributed by atoms with E-state index in [1.165, 1.54) is 0 Å². The molecule has 3 aromatic rings. The van der Waals surface area contributed by atoms with Gasteiger partial charge in [-0.15, -0.1) is 0 Å². The lowest BCUT2D eigenvalue weighted by Crippen LogP contribution is -2.30. The quantitative estimate of drug-likeness (QED) is 0.383. The normalized spacial score (nSPS) is 17.7. The van der Waals surface area contributed by atoms with Crippen molar-refractivity contribution in [3.63, 3.8) is 0 Å². The molecule has 33 heavy (non-hydrogen) atoms. The predicted octanol–water partition coefficient (Wildman–Crippen LogP) is 5.92. The highest BCUT2D eigenvalue weighted by molar-refractivity contribution is 9.10. The highest BCUT2D eigenvalue weighted by Gasteiger charge is 2.36. The van der Waals surface area contributed by atoms with Gasteiger partial charge in [-0.25, -0.2) is 4.90 Å². The number of fused-ring (bicyclic) bond motifs is 1. The molecule has 9 heteroatoms. The molecule has 0 unspecified atom stereocenters. The molecule has 0 radical (unpaired) electrons. The molecule has 0 aliphatic carbocycles. The first kappa shape index (κ1) is 22.3. The lowest BCUT2D eigenvalue weighted by atomic mass is 10.1. The maximum absolute atomic E-state index is 13.1. The van der Waals surface area contributed by atoms with Gasteiger partial charge in [0.2, 0.25) is 5.91 Å². The van der Waals surface area contributed by atoms with Crippen molar-refractivity contribution in [3.05, 3.63) is 68.6 Å². The summed E-state index contributed by atoms with van der Waals surface area (Å²) < 4.78 is 2.80. The molecule has 0 saturated carbocycles. The smallest absolute Gasteiger partial charge is 0.298 e. The lowest BCUT2D eigenvalue weighted by molar-refractivity contribution is -0.130. The van der Waals surface area contributed by atoms with E-state index >= 15 is 0 Å². The fourth-order valence-electron chi connectivity index (χ4n) is 4.20. The number of carbonyl (C=O) groups excluding carboxylic acids is 3. The third kappa shape index (κ3) is 4.35. The second-order valence-electron chi connectivity index (χ2n) is 7.96. The second kappa shape index (κ2) is 9.00. The monoisotopic (exact) mass is 543 g/mol. The van der Waals surface area contributed by atoms with Crippen LogP contribution in [0.3, 0.4) is 0 Å². The number of likely N-dealkylation sites (tertiary alicyclic amines) is 1. The number of rotatable bonds is 4. The SMILES string of the molecule is O=C(Cn1cc(/C=C2\SC(=O)N(c3cccc(Cl)c3)C2=O)c2cc(Br)ccc21)N1CCCC1. The minimum absolute atomic E-state index is 0.0835. The summed E-state index contributed by atoms with van der Waals surface area (Å²) >= 11 is 10.4. The van der Waals surface area contributed by atoms with Crippen LogP contribution in [0.15, 0.2) is 58.0 Å². The van der Waals surface area contributed by atoms with Crippen LogP contribution >= 0.6 is 39.3 Å². The standard InChI is InChI=1S/C24H19BrClN3O3S/c25-16-6-7-20-19(11-16)15(13-28(20)14-22(30)27-8-1-2-9-27)10-21-23(31)29(24(32)33-21)18-5-3-4-17(26)12-18/h3-7,10-13H,1-2,8-9,14H2/b21-10-. The topological polar surface area (TPSA) is 62.6 Å². The van der Waals surface area contributed by atoms with Gasteiger partial charge in [0.1, 0.15) is 6.54 Å². The summed E-state index contributed by atoms with van der Waals surface area (Å²) in [5.41, 5.74) is 2.11. The second-order valence-corrected chi connectivity index (χ2v) is 10.3. The first-order chi connectivity index (χ1) is 15.9. The first-order valence-electron chi connectivity index (χ1n) is 10.5. The number of anilines is 1. The number of nitrogens with zero attached hydrogens (tertiary/aromatic N) is 3. The molecule has 5 rings (SSSR count). The van der Waals surface area contributed by atoms with E-state index in [0.29, 0.717) is 15.6 Å². The Kier molecular flexibility index (Phi) is 6.07. The summed E-state index contributed by atoms with van der Waals surface area (Å²) in [7, 11) is 0. The van der Waals surface area contributed by atoms with Gasteiger partial charge in [-0.05, 0) is 67.1 Å². The van der Waals surface area contributed by atoms with Crippen LogP contribution in [0.5, 0.6) is 0 Å². The number of hydrogen-bond donors (Lipinski definition) is 0. The molecule has 3 heterocycles. The zero-order valence-electron chi connectivity index (χ0n) is 17.5. The number of thioether (sulfide) groups is 1. The van der Waals surface area contributed by atoms with Gasteiger partial charge in [-0.1, -0.05) is 33.6 Å². The van der Waals surface area contributed by atoms with E-state index in [4.69, 9.17) is 11.6 Å². The van der Waals surface area contributed by atoms with Crippen LogP contribution in [-0.4, -0.2) is 39.6 Å². The molecule has 0 N–H and O–H groups in total. The van der Waals surface area contributed by atoms with Gasteiger partial charge in [-0.2, -0.15) is 0 Å². The molecule has 168 valence electrons. The van der Waals surface area contributed by atoms with Gasteiger partial charge in [0, 0.05) is 45.2 Å². The van der Waals surface area contributed by atoms with Crippen molar-refractivity contribution in [2.45, 2.75) is 19.4 Å². The van der Waals surface area contributed by atoms with E-state index in [2.05, 4.69) is 15.9 Å². The molecule has 0 atom stereocenters. The minimum Gasteiger partial charge on any atom is -0.341 e. The summed E-state index contributed by atoms with van der Waals surface area (Å²) in [4.78, 5) is 41.8. The van der Waals surface area contributed by atoms with Crippen molar-refractivity contribution in [2.75, 3.05) is 18.0 Å². The van der Waals surface area contributed by atoms with Crippen LogP contribution in [0.1, 0.15) is 18.4 Å². The van der Waals surface area contributed by atoms with Crippen molar-refractivity contribution in [2.24, 2.45) is 0 Å². The molecule has 1 aromatic heterocycles. The summed E-state index contributed by atoms with van der Waals surface area (Å²) in [6.45, 7) is 1.83. The Morgan fingerprint density at radius 3 is 2.67 bits per heavy atom. The Hall–Kier alpha value is -2.55. The summed E-state index contributed by atoms with van der Waals surface area (Å²) in [6.07, 6.45) is 5.68. The lowest BCUT2D eigenvalue weighted by Gasteiger charge is -2.16. The Labute approximate surface area is 208 Å². The summed E-state index contributed by atoms with van der Waals surface area (Å²) in [5, 5.41) is 0.974. The zero-order chi connectivity index (χ0) is 23.1. The third-order valence-electron chi connectivity index (χ3n) is 5.79. The molecule has 2 aliphatic rings. The van der Waals surface area contributed by atoms with Gasteiger partial charge in [0.05, 0.1) is 10.6 Å². The minimum atomic E-state index is -0.392. The first-order valence-corrected chi connectivity index (χ1v) is 12.5. The van der Waals surface area contributed by atoms with E-state index < -0.39 is 5.91 Å². The van der Waals surface area contributed by atoms with Crippen molar-refractivity contribution in [1.29, 1.82) is 0 Å². The third-order valence-corrected chi connectivity index (χ3v) is 7.38. The van der Waals surface area contributed by atoms with Crippen molar-refractivity contribution in [3.8, 4) is 0 Å². The Morgan fingerprint density at radius 1 is 1.12 bits per heavy atom. The number of hydrogen-bond acceptors (Lipinski definition) is 4. The van der Waals surface area contributed by atoms with Gasteiger partial charge in [0.15, 0.2) is 0 Å². The van der Waals surface area contributed by atoms with Gasteiger partial charge in [0.25, 0.3) is 11.1 Å².